The predicted octanol–water partition coefficient (Wildman–Crippen LogP) is 2.02. The number of rotatable bonds is 2. The maximum absolute atomic E-state index is 4.28. The molecule has 1 saturated heterocycles. The fourth-order valence-corrected chi connectivity index (χ4v) is 2.98. The van der Waals surface area contributed by atoms with Gasteiger partial charge < -0.3 is 5.32 Å². The van der Waals surface area contributed by atoms with Gasteiger partial charge in [-0.15, -0.1) is 0 Å². The van der Waals surface area contributed by atoms with Gasteiger partial charge in [0.25, 0.3) is 0 Å². The first-order valence-electron chi connectivity index (χ1n) is 7.14. The summed E-state index contributed by atoms with van der Waals surface area (Å²) in [5.41, 5.74) is 1.77. The fourth-order valence-electron chi connectivity index (χ4n) is 2.98. The van der Waals surface area contributed by atoms with Crippen LogP contribution >= 0.6 is 0 Å². The number of nitrogens with one attached hydrogen (secondary N) is 1. The number of hydrogen-bond donors (Lipinski definition) is 1. The zero-order valence-corrected chi connectivity index (χ0v) is 13.2. The Morgan fingerprint density at radius 1 is 1.42 bits per heavy atom. The molecule has 2 heterocycles. The second-order valence-electron chi connectivity index (χ2n) is 7.57. The van der Waals surface area contributed by atoms with E-state index in [0.717, 1.165) is 19.6 Å². The summed E-state index contributed by atoms with van der Waals surface area (Å²) in [7, 11) is 1.98. The minimum atomic E-state index is 0.184. The van der Waals surface area contributed by atoms with Gasteiger partial charge in [0.05, 0.1) is 6.20 Å². The summed E-state index contributed by atoms with van der Waals surface area (Å²) < 4.78 is 1.88. The number of aromatic nitrogens is 2. The Balaban J connectivity index is 2.16. The molecule has 0 amide bonds. The number of hydrogen-bond acceptors (Lipinski definition) is 3. The Bertz CT molecular complexity index is 428. The van der Waals surface area contributed by atoms with Gasteiger partial charge in [-0.05, 0) is 19.3 Å². The molecule has 1 N–H and O–H groups in total. The molecule has 1 aliphatic heterocycles. The first-order valence-corrected chi connectivity index (χ1v) is 7.14. The van der Waals surface area contributed by atoms with Gasteiger partial charge in [0.15, 0.2) is 0 Å². The van der Waals surface area contributed by atoms with E-state index in [2.05, 4.69) is 56.1 Å². The van der Waals surface area contributed by atoms with Crippen LogP contribution in [0.25, 0.3) is 0 Å². The highest BCUT2D eigenvalue weighted by molar-refractivity contribution is 5.06. The highest BCUT2D eigenvalue weighted by atomic mass is 15.3. The minimum Gasteiger partial charge on any atom is -0.309 e. The lowest BCUT2D eigenvalue weighted by Crippen LogP contribution is -2.64. The molecule has 0 aromatic carbocycles. The third kappa shape index (κ3) is 3.57. The Morgan fingerprint density at radius 3 is 2.63 bits per heavy atom. The van der Waals surface area contributed by atoms with Crippen molar-refractivity contribution in [2.75, 3.05) is 13.1 Å². The van der Waals surface area contributed by atoms with E-state index in [1.165, 1.54) is 5.56 Å². The molecule has 1 aliphatic rings. The highest BCUT2D eigenvalue weighted by Crippen LogP contribution is 2.29. The van der Waals surface area contributed by atoms with Crippen molar-refractivity contribution >= 4 is 0 Å². The Hall–Kier alpha value is -0.870. The maximum Gasteiger partial charge on any atom is 0.0534 e. The normalized spacial score (nSPS) is 24.6. The molecule has 0 spiro atoms. The van der Waals surface area contributed by atoms with Gasteiger partial charge in [0.1, 0.15) is 0 Å². The van der Waals surface area contributed by atoms with Gasteiger partial charge in [-0.3, -0.25) is 9.58 Å². The third-order valence-electron chi connectivity index (χ3n) is 3.96. The van der Waals surface area contributed by atoms with Crippen LogP contribution in [0.1, 0.15) is 40.2 Å². The third-order valence-corrected chi connectivity index (χ3v) is 3.96. The van der Waals surface area contributed by atoms with Crippen molar-refractivity contribution in [3.05, 3.63) is 18.0 Å². The van der Waals surface area contributed by atoms with Crippen molar-refractivity contribution in [2.45, 2.75) is 52.7 Å². The predicted molar refractivity (Wildman–Crippen MR) is 78.9 cm³/mol. The van der Waals surface area contributed by atoms with Gasteiger partial charge in [0.2, 0.25) is 0 Å². The van der Waals surface area contributed by atoms with Crippen LogP contribution in [0.15, 0.2) is 12.4 Å². The van der Waals surface area contributed by atoms with Gasteiger partial charge in [-0.25, -0.2) is 0 Å². The van der Waals surface area contributed by atoms with Crippen LogP contribution in [0.2, 0.25) is 0 Å². The van der Waals surface area contributed by atoms with Gasteiger partial charge in [-0.2, -0.15) is 5.10 Å². The summed E-state index contributed by atoms with van der Waals surface area (Å²) in [6, 6.07) is 0.556. The van der Waals surface area contributed by atoms with Crippen LogP contribution in [0.4, 0.5) is 0 Å². The van der Waals surface area contributed by atoms with E-state index in [9.17, 15) is 0 Å². The topological polar surface area (TPSA) is 33.1 Å². The second-order valence-corrected chi connectivity index (χ2v) is 7.57. The lowest BCUT2D eigenvalue weighted by atomic mass is 9.82. The van der Waals surface area contributed by atoms with E-state index in [1.807, 2.05) is 17.9 Å². The van der Waals surface area contributed by atoms with Gasteiger partial charge >= 0.3 is 0 Å². The molecule has 1 fully saturated rings. The lowest BCUT2D eigenvalue weighted by Gasteiger charge is -2.49. The summed E-state index contributed by atoms with van der Waals surface area (Å²) >= 11 is 0. The average molecular weight is 264 g/mol. The van der Waals surface area contributed by atoms with Crippen molar-refractivity contribution in [2.24, 2.45) is 12.5 Å². The number of aryl methyl sites for hydroxylation is 1. The molecule has 4 nitrogen and oxygen atoms in total. The van der Waals surface area contributed by atoms with Crippen LogP contribution in [0.3, 0.4) is 0 Å². The summed E-state index contributed by atoms with van der Waals surface area (Å²) in [6.07, 6.45) is 4.10. The summed E-state index contributed by atoms with van der Waals surface area (Å²) in [5, 5.41) is 7.95. The molecule has 0 bridgehead atoms. The first-order chi connectivity index (χ1) is 8.67. The molecular formula is C15H28N4. The lowest BCUT2D eigenvalue weighted by molar-refractivity contribution is 0.0272. The van der Waals surface area contributed by atoms with E-state index < -0.39 is 0 Å². The fraction of sp³-hybridized carbons (Fsp3) is 0.800. The van der Waals surface area contributed by atoms with Crippen LogP contribution in [0, 0.1) is 5.41 Å². The standard InChI is InChI=1S/C15H28N4/c1-14(2,3)13-8-16-15(4,5)11-19(13)10-12-7-17-18(6)9-12/h7,9,13,16H,8,10-11H2,1-6H3. The minimum absolute atomic E-state index is 0.184. The molecule has 19 heavy (non-hydrogen) atoms. The average Bonchev–Trinajstić information content (AvgIpc) is 2.60. The molecule has 108 valence electrons. The van der Waals surface area contributed by atoms with Crippen molar-refractivity contribution in [3.8, 4) is 0 Å². The smallest absolute Gasteiger partial charge is 0.0534 e. The Labute approximate surface area is 117 Å². The van der Waals surface area contributed by atoms with Crippen molar-refractivity contribution in [3.63, 3.8) is 0 Å². The number of piperazine rings is 1. The van der Waals surface area contributed by atoms with Crippen LogP contribution in [-0.2, 0) is 13.6 Å². The zero-order valence-electron chi connectivity index (χ0n) is 13.2. The van der Waals surface area contributed by atoms with Crippen LogP contribution < -0.4 is 5.32 Å². The molecule has 4 heteroatoms. The monoisotopic (exact) mass is 264 g/mol. The van der Waals surface area contributed by atoms with Crippen LogP contribution in [0.5, 0.6) is 0 Å². The molecule has 1 atom stereocenters. The van der Waals surface area contributed by atoms with Crippen molar-refractivity contribution in [1.29, 1.82) is 0 Å². The summed E-state index contributed by atoms with van der Waals surface area (Å²) in [4.78, 5) is 2.60. The quantitative estimate of drug-likeness (QED) is 0.887. The summed E-state index contributed by atoms with van der Waals surface area (Å²) in [6.45, 7) is 14.7. The van der Waals surface area contributed by atoms with Gasteiger partial charge in [0, 0.05) is 50.0 Å². The molecule has 1 unspecified atom stereocenters. The SMILES string of the molecule is Cn1cc(CN2CC(C)(C)NCC2C(C)(C)C)cn1. The molecule has 2 rings (SSSR count). The summed E-state index contributed by atoms with van der Waals surface area (Å²) in [5.74, 6) is 0. The van der Waals surface area contributed by atoms with E-state index in [4.69, 9.17) is 0 Å². The van der Waals surface area contributed by atoms with E-state index >= 15 is 0 Å². The second kappa shape index (κ2) is 4.91. The van der Waals surface area contributed by atoms with Gasteiger partial charge in [-0.1, -0.05) is 20.8 Å². The van der Waals surface area contributed by atoms with E-state index in [-0.39, 0.29) is 11.0 Å². The van der Waals surface area contributed by atoms with Crippen molar-refractivity contribution in [1.82, 2.24) is 20.0 Å². The molecule has 1 aromatic heterocycles. The molecule has 0 saturated carbocycles. The van der Waals surface area contributed by atoms with Crippen molar-refractivity contribution < 1.29 is 0 Å². The van der Waals surface area contributed by atoms with E-state index in [1.54, 1.807) is 0 Å². The van der Waals surface area contributed by atoms with E-state index in [0.29, 0.717) is 6.04 Å². The Kier molecular flexibility index (Phi) is 3.76. The molecule has 0 radical (unpaired) electrons. The molecular weight excluding hydrogens is 236 g/mol. The van der Waals surface area contributed by atoms with Crippen LogP contribution in [-0.4, -0.2) is 39.4 Å². The Morgan fingerprint density at radius 2 is 2.11 bits per heavy atom. The highest BCUT2D eigenvalue weighted by Gasteiger charge is 2.38. The molecule has 1 aromatic rings. The largest absolute Gasteiger partial charge is 0.309 e. The zero-order chi connectivity index (χ0) is 14.3. The first kappa shape index (κ1) is 14.5. The number of nitrogens with zero attached hydrogens (tertiary/aromatic N) is 3. The molecule has 0 aliphatic carbocycles. The maximum atomic E-state index is 4.28.